The highest BCUT2D eigenvalue weighted by Crippen LogP contribution is 2.62. The molecule has 1 rings (SSSR count). The average molecular weight is 572 g/mol. The van der Waals surface area contributed by atoms with Crippen molar-refractivity contribution in [3.8, 4) is 0 Å². The van der Waals surface area contributed by atoms with Crippen LogP contribution in [0.5, 0.6) is 0 Å². The Morgan fingerprint density at radius 1 is 0.806 bits per heavy atom. The predicted molar refractivity (Wildman–Crippen MR) is 74.5 cm³/mol. The minimum Gasteiger partial charge on any atom is -0.505 e. The van der Waals surface area contributed by atoms with Crippen molar-refractivity contribution in [1.29, 1.82) is 0 Å². The number of hydrogen-bond donors (Lipinski definition) is 3. The molecule has 3 N–H and O–H groups in total. The Morgan fingerprint density at radius 3 is 1.58 bits per heavy atom. The fraction of sp³-hybridized carbons (Fsp3) is 0.714. The number of carbonyl (C=O) groups excluding carboxylic acids is 2. The van der Waals surface area contributed by atoms with Gasteiger partial charge in [0.05, 0.1) is 6.61 Å². The van der Waals surface area contributed by atoms with Crippen molar-refractivity contribution in [2.75, 3.05) is 6.61 Å². The number of ether oxygens (including phenoxy) is 2. The highest BCUT2D eigenvalue weighted by molar-refractivity contribution is 5.94. The molecule has 0 radical (unpaired) electrons. The lowest BCUT2D eigenvalue weighted by molar-refractivity contribution is -0.450. The second-order valence-electron chi connectivity index (χ2n) is 6.62. The van der Waals surface area contributed by atoms with Gasteiger partial charge in [0.1, 0.15) is 6.10 Å². The van der Waals surface area contributed by atoms with E-state index >= 15 is 0 Å². The van der Waals surface area contributed by atoms with Crippen molar-refractivity contribution in [1.82, 2.24) is 0 Å². The molecule has 0 amide bonds. The van der Waals surface area contributed by atoms with E-state index in [-0.39, 0.29) is 0 Å². The van der Waals surface area contributed by atoms with Crippen molar-refractivity contribution in [2.45, 2.75) is 53.9 Å². The number of rotatable bonds is 9. The molecule has 0 bridgehead atoms. The molecule has 0 saturated carbocycles. The molecule has 0 fully saturated rings. The first-order valence-electron chi connectivity index (χ1n) is 8.17. The second-order valence-corrected chi connectivity index (χ2v) is 6.62. The molecule has 2 atom stereocenters. The summed E-state index contributed by atoms with van der Waals surface area (Å²) in [6.45, 7) is -1.39. The molecule has 22 heteroatoms. The number of hydrogen-bond acceptors (Lipinski definition) is 7. The maximum absolute atomic E-state index is 13.7. The quantitative estimate of drug-likeness (QED) is 0.288. The van der Waals surface area contributed by atoms with Crippen molar-refractivity contribution >= 4 is 11.9 Å². The van der Waals surface area contributed by atoms with Crippen molar-refractivity contribution in [3.63, 3.8) is 0 Å². The lowest BCUT2D eigenvalue weighted by Gasteiger charge is -2.40. The largest absolute Gasteiger partial charge is 0.505 e. The standard InChI is InChI=1S/C14H7F15O7/c15-8(16,7(34)36-5-3(32)4(2(31)1-30)35-6(5)33)9(17,18)10(19,20)11(21,22)12(23,24)13(25,26)14(27,28)29/h2,4,30-32H,1H2/t2-,4+/m0/s1. The van der Waals surface area contributed by atoms with Crippen molar-refractivity contribution in [2.24, 2.45) is 0 Å². The Hall–Kier alpha value is -2.65. The summed E-state index contributed by atoms with van der Waals surface area (Å²) in [6, 6.07) is 0. The van der Waals surface area contributed by atoms with Crippen molar-refractivity contribution < 1.29 is 100 Å². The van der Waals surface area contributed by atoms with Gasteiger partial charge in [0.15, 0.2) is 11.9 Å². The summed E-state index contributed by atoms with van der Waals surface area (Å²) >= 11 is 0. The molecule has 1 heterocycles. The summed E-state index contributed by atoms with van der Waals surface area (Å²) in [5.74, 6) is -60.6. The first-order valence-corrected chi connectivity index (χ1v) is 8.17. The van der Waals surface area contributed by atoms with Gasteiger partial charge in [0.2, 0.25) is 0 Å². The summed E-state index contributed by atoms with van der Waals surface area (Å²) in [6.07, 6.45) is -12.6. The van der Waals surface area contributed by atoms with Crippen LogP contribution in [0.4, 0.5) is 65.9 Å². The molecule has 7 nitrogen and oxygen atoms in total. The van der Waals surface area contributed by atoms with Crippen LogP contribution in [0.25, 0.3) is 0 Å². The lowest BCUT2D eigenvalue weighted by atomic mass is 9.91. The molecular formula is C14H7F15O7. The fourth-order valence-corrected chi connectivity index (χ4v) is 2.16. The van der Waals surface area contributed by atoms with E-state index in [9.17, 15) is 80.6 Å². The van der Waals surface area contributed by atoms with Crippen LogP contribution in [0.15, 0.2) is 11.5 Å². The molecule has 0 saturated heterocycles. The molecule has 1 aliphatic rings. The van der Waals surface area contributed by atoms with Crippen LogP contribution in [0, 0.1) is 0 Å². The van der Waals surface area contributed by atoms with Gasteiger partial charge in [-0.3, -0.25) is 0 Å². The minimum absolute atomic E-state index is 1.39. The summed E-state index contributed by atoms with van der Waals surface area (Å²) < 4.78 is 203. The number of halogens is 15. The third-order valence-electron chi connectivity index (χ3n) is 4.24. The number of carbonyl (C=O) groups is 2. The van der Waals surface area contributed by atoms with Crippen LogP contribution in [0.1, 0.15) is 0 Å². The maximum atomic E-state index is 13.7. The van der Waals surface area contributed by atoms with E-state index in [4.69, 9.17) is 10.2 Å². The molecular weight excluding hydrogens is 565 g/mol. The Kier molecular flexibility index (Phi) is 7.61. The second kappa shape index (κ2) is 8.73. The topological polar surface area (TPSA) is 113 Å². The van der Waals surface area contributed by atoms with Gasteiger partial charge >= 0.3 is 53.7 Å². The van der Waals surface area contributed by atoms with Crippen LogP contribution >= 0.6 is 0 Å². The zero-order valence-corrected chi connectivity index (χ0v) is 16.0. The molecule has 0 aromatic carbocycles. The molecule has 36 heavy (non-hydrogen) atoms. The van der Waals surface area contributed by atoms with Gasteiger partial charge < -0.3 is 24.8 Å². The van der Waals surface area contributed by atoms with E-state index in [1.54, 1.807) is 0 Å². The number of aliphatic hydroxyl groups excluding tert-OH is 3. The van der Waals surface area contributed by atoms with Crippen LogP contribution in [-0.2, 0) is 19.1 Å². The Labute approximate surface area is 185 Å². The Morgan fingerprint density at radius 2 is 1.19 bits per heavy atom. The molecule has 1 aliphatic heterocycles. The molecule has 0 unspecified atom stereocenters. The van der Waals surface area contributed by atoms with Crippen LogP contribution in [0.3, 0.4) is 0 Å². The van der Waals surface area contributed by atoms with E-state index in [2.05, 4.69) is 9.47 Å². The van der Waals surface area contributed by atoms with Crippen LogP contribution in [0.2, 0.25) is 0 Å². The average Bonchev–Trinajstić information content (AvgIpc) is 2.99. The molecule has 0 aromatic heterocycles. The van der Waals surface area contributed by atoms with E-state index in [1.165, 1.54) is 0 Å². The van der Waals surface area contributed by atoms with Gasteiger partial charge in [-0.1, -0.05) is 0 Å². The number of aliphatic hydroxyl groups is 3. The first-order chi connectivity index (χ1) is 15.7. The third-order valence-corrected chi connectivity index (χ3v) is 4.24. The third kappa shape index (κ3) is 4.16. The zero-order valence-electron chi connectivity index (χ0n) is 16.0. The lowest BCUT2D eigenvalue weighted by Crippen LogP contribution is -2.73. The number of alkyl halides is 15. The monoisotopic (exact) mass is 572 g/mol. The molecule has 0 spiro atoms. The zero-order chi connectivity index (χ0) is 29.1. The van der Waals surface area contributed by atoms with Crippen LogP contribution < -0.4 is 0 Å². The molecule has 210 valence electrons. The maximum Gasteiger partial charge on any atom is 0.460 e. The highest BCUT2D eigenvalue weighted by Gasteiger charge is 2.94. The van der Waals surface area contributed by atoms with E-state index in [0.717, 1.165) is 0 Å². The van der Waals surface area contributed by atoms with Gasteiger partial charge in [0.25, 0.3) is 5.76 Å². The van der Waals surface area contributed by atoms with E-state index < -0.39 is 84.0 Å². The van der Waals surface area contributed by atoms with Gasteiger partial charge in [-0.25, -0.2) is 9.59 Å². The normalized spacial score (nSPS) is 19.9. The van der Waals surface area contributed by atoms with Gasteiger partial charge in [-0.15, -0.1) is 0 Å². The van der Waals surface area contributed by atoms with Gasteiger partial charge in [0, 0.05) is 0 Å². The molecule has 0 aliphatic carbocycles. The Balaban J connectivity index is 3.50. The van der Waals surface area contributed by atoms with Gasteiger partial charge in [-0.2, -0.15) is 65.9 Å². The van der Waals surface area contributed by atoms with Gasteiger partial charge in [-0.05, 0) is 0 Å². The van der Waals surface area contributed by atoms with Crippen LogP contribution in [-0.4, -0.2) is 87.8 Å². The SMILES string of the molecule is O=C1O[C@H]([C@@H](O)CO)C(O)=C1OC(=O)C(F)(F)C(F)(F)C(F)(F)C(F)(F)C(F)(F)C(F)(F)C(F)(F)F. The van der Waals surface area contributed by atoms with E-state index in [1.807, 2.05) is 0 Å². The number of cyclic esters (lactones) is 1. The smallest absolute Gasteiger partial charge is 0.460 e. The summed E-state index contributed by atoms with van der Waals surface area (Å²) in [5, 5.41) is 27.2. The van der Waals surface area contributed by atoms with Crippen molar-refractivity contribution in [3.05, 3.63) is 11.5 Å². The summed E-state index contributed by atoms with van der Waals surface area (Å²) in [7, 11) is 0. The molecule has 0 aromatic rings. The minimum atomic E-state index is -8.66. The summed E-state index contributed by atoms with van der Waals surface area (Å²) in [5.41, 5.74) is 0. The number of esters is 2. The van der Waals surface area contributed by atoms with E-state index in [0.29, 0.717) is 0 Å². The first kappa shape index (κ1) is 31.4. The highest BCUT2D eigenvalue weighted by atomic mass is 19.4. The predicted octanol–water partition coefficient (Wildman–Crippen LogP) is 2.95. The fourth-order valence-electron chi connectivity index (χ4n) is 2.16. The summed E-state index contributed by atoms with van der Waals surface area (Å²) in [4.78, 5) is 22.6. The Bertz CT molecular complexity index is 924.